The van der Waals surface area contributed by atoms with Gasteiger partial charge < -0.3 is 8.98 Å². The second-order valence-electron chi connectivity index (χ2n) is 7.22. The van der Waals surface area contributed by atoms with Gasteiger partial charge in [-0.2, -0.15) is 0 Å². The van der Waals surface area contributed by atoms with Gasteiger partial charge in [0.25, 0.3) is 15.9 Å². The van der Waals surface area contributed by atoms with Gasteiger partial charge in [0, 0.05) is 24.4 Å². The van der Waals surface area contributed by atoms with Crippen LogP contribution in [-0.2, 0) is 17.1 Å². The molecule has 28 heavy (non-hydrogen) atoms. The van der Waals surface area contributed by atoms with Crippen molar-refractivity contribution < 1.29 is 17.2 Å². The van der Waals surface area contributed by atoms with Crippen LogP contribution in [0.5, 0.6) is 0 Å². The van der Waals surface area contributed by atoms with E-state index in [0.717, 1.165) is 18.9 Å². The number of benzene rings is 1. The molecule has 0 radical (unpaired) electrons. The number of aromatic nitrogens is 3. The van der Waals surface area contributed by atoms with Crippen molar-refractivity contribution in [2.75, 3.05) is 4.72 Å². The zero-order valence-corrected chi connectivity index (χ0v) is 16.9. The van der Waals surface area contributed by atoms with E-state index in [1.54, 1.807) is 32.4 Å². The molecule has 9 heteroatoms. The van der Waals surface area contributed by atoms with E-state index in [1.165, 1.54) is 12.1 Å². The van der Waals surface area contributed by atoms with Crippen LogP contribution in [0.4, 0.5) is 10.1 Å². The molecule has 2 aromatic heterocycles. The lowest BCUT2D eigenvalue weighted by atomic mass is 10.2. The number of aryl methyl sites for hydroxylation is 1. The zero-order valence-electron chi connectivity index (χ0n) is 16.1. The lowest BCUT2D eigenvalue weighted by molar-refractivity contribution is 0.507. The molecule has 1 aromatic carbocycles. The molecule has 2 heterocycles. The molecule has 0 aliphatic heterocycles. The fourth-order valence-corrected chi connectivity index (χ4v) is 4.87. The summed E-state index contributed by atoms with van der Waals surface area (Å²) in [6.07, 6.45) is 2.00. The number of rotatable bonds is 5. The summed E-state index contributed by atoms with van der Waals surface area (Å²) in [5.74, 6) is 0.461. The zero-order chi connectivity index (χ0) is 20.2. The Bertz CT molecular complexity index is 1180. The smallest absolute Gasteiger partial charge is 0.264 e. The van der Waals surface area contributed by atoms with E-state index in [-0.39, 0.29) is 22.4 Å². The molecule has 1 fully saturated rings. The lowest BCUT2D eigenvalue weighted by Gasteiger charge is -2.12. The van der Waals surface area contributed by atoms with Crippen molar-refractivity contribution in [3.8, 4) is 11.5 Å². The summed E-state index contributed by atoms with van der Waals surface area (Å²) in [5, 5.41) is 8.17. The van der Waals surface area contributed by atoms with E-state index < -0.39 is 15.8 Å². The summed E-state index contributed by atoms with van der Waals surface area (Å²) >= 11 is 0. The van der Waals surface area contributed by atoms with Crippen LogP contribution in [0.2, 0.25) is 0 Å². The van der Waals surface area contributed by atoms with Gasteiger partial charge >= 0.3 is 0 Å². The fourth-order valence-electron chi connectivity index (χ4n) is 3.23. The molecule has 0 unspecified atom stereocenters. The first-order valence-electron chi connectivity index (χ1n) is 8.97. The Morgan fingerprint density at radius 3 is 2.57 bits per heavy atom. The number of halogens is 1. The molecule has 1 saturated carbocycles. The van der Waals surface area contributed by atoms with Gasteiger partial charge in [0.15, 0.2) is 0 Å². The average Bonchev–Trinajstić information content (AvgIpc) is 3.32. The minimum atomic E-state index is -4.02. The van der Waals surface area contributed by atoms with Gasteiger partial charge in [0.2, 0.25) is 5.89 Å². The molecule has 148 valence electrons. The molecule has 0 amide bonds. The van der Waals surface area contributed by atoms with E-state index in [0.29, 0.717) is 28.4 Å². The first-order chi connectivity index (χ1) is 13.2. The predicted octanol–water partition coefficient (Wildman–Crippen LogP) is 3.82. The van der Waals surface area contributed by atoms with E-state index in [2.05, 4.69) is 14.9 Å². The Balaban J connectivity index is 1.84. The minimum Gasteiger partial charge on any atom is -0.420 e. The molecule has 1 aliphatic carbocycles. The van der Waals surface area contributed by atoms with Gasteiger partial charge in [0.1, 0.15) is 10.7 Å². The Morgan fingerprint density at radius 1 is 1.18 bits per heavy atom. The number of hydrogen-bond donors (Lipinski definition) is 1. The molecule has 0 bridgehead atoms. The van der Waals surface area contributed by atoms with Crippen molar-refractivity contribution >= 4 is 15.7 Å². The van der Waals surface area contributed by atoms with Crippen molar-refractivity contribution in [1.29, 1.82) is 0 Å². The molecule has 0 spiro atoms. The second kappa shape index (κ2) is 6.44. The number of nitrogens with one attached hydrogen (secondary N) is 1. The average molecular weight is 404 g/mol. The number of anilines is 1. The molecular formula is C19H21FN4O3S. The number of sulfonamides is 1. The molecule has 3 aromatic rings. The number of hydrogen-bond acceptors (Lipinski definition) is 5. The monoisotopic (exact) mass is 404 g/mol. The molecular weight excluding hydrogens is 383 g/mol. The van der Waals surface area contributed by atoms with E-state index in [1.807, 2.05) is 0 Å². The Morgan fingerprint density at radius 2 is 1.89 bits per heavy atom. The molecule has 0 atom stereocenters. The minimum absolute atomic E-state index is 0.0576. The van der Waals surface area contributed by atoms with Gasteiger partial charge in [-0.15, -0.1) is 10.2 Å². The summed E-state index contributed by atoms with van der Waals surface area (Å²) in [6.45, 7) is 5.22. The van der Waals surface area contributed by atoms with Crippen LogP contribution in [0.1, 0.15) is 41.6 Å². The maximum atomic E-state index is 13.6. The van der Waals surface area contributed by atoms with Crippen molar-refractivity contribution in [3.63, 3.8) is 0 Å². The Labute approximate surface area is 162 Å². The summed E-state index contributed by atoms with van der Waals surface area (Å²) in [7, 11) is -2.25. The maximum Gasteiger partial charge on any atom is 0.264 e. The van der Waals surface area contributed by atoms with Gasteiger partial charge in [0.05, 0.1) is 11.3 Å². The highest BCUT2D eigenvalue weighted by atomic mass is 32.2. The summed E-state index contributed by atoms with van der Waals surface area (Å²) in [5.41, 5.74) is 2.41. The van der Waals surface area contributed by atoms with E-state index in [9.17, 15) is 12.8 Å². The van der Waals surface area contributed by atoms with Crippen LogP contribution >= 0.6 is 0 Å². The lowest BCUT2D eigenvalue weighted by Crippen LogP contribution is -2.15. The SMILES string of the molecule is Cc1ccc(F)cc1NS(=O)(=O)c1c(-c2nnc(C3CC3)o2)c(C)n(C)c1C. The first-order valence-corrected chi connectivity index (χ1v) is 10.5. The highest BCUT2D eigenvalue weighted by Crippen LogP contribution is 2.42. The standard InChI is InChI=1S/C19H21FN4O3S/c1-10-5-8-14(20)9-15(10)23-28(25,26)17-12(3)24(4)11(2)16(17)19-22-21-18(27-19)13-6-7-13/h5,8-9,13,23H,6-7H2,1-4H3. The summed E-state index contributed by atoms with van der Waals surface area (Å²) < 4.78 is 50.2. The second-order valence-corrected chi connectivity index (χ2v) is 8.84. The highest BCUT2D eigenvalue weighted by Gasteiger charge is 2.34. The summed E-state index contributed by atoms with van der Waals surface area (Å²) in [4.78, 5) is 0.0576. The molecule has 1 N–H and O–H groups in total. The molecule has 0 saturated heterocycles. The van der Waals surface area contributed by atoms with Gasteiger partial charge in [-0.25, -0.2) is 12.8 Å². The quantitative estimate of drug-likeness (QED) is 0.698. The molecule has 1 aliphatic rings. The number of nitrogens with zero attached hydrogens (tertiary/aromatic N) is 3. The van der Waals surface area contributed by atoms with Crippen molar-refractivity contribution in [2.45, 2.75) is 44.4 Å². The third-order valence-electron chi connectivity index (χ3n) is 5.22. The first kappa shape index (κ1) is 18.7. The normalized spacial score (nSPS) is 14.5. The summed E-state index contributed by atoms with van der Waals surface area (Å²) in [6, 6.07) is 3.97. The van der Waals surface area contributed by atoms with E-state index in [4.69, 9.17) is 4.42 Å². The van der Waals surface area contributed by atoms with Crippen LogP contribution < -0.4 is 4.72 Å². The van der Waals surface area contributed by atoms with Gasteiger partial charge in [-0.05, 0) is 51.3 Å². The van der Waals surface area contributed by atoms with Crippen LogP contribution in [0, 0.1) is 26.6 Å². The molecule has 4 rings (SSSR count). The van der Waals surface area contributed by atoms with Crippen molar-refractivity contribution in [1.82, 2.24) is 14.8 Å². The van der Waals surface area contributed by atoms with Crippen LogP contribution in [0.3, 0.4) is 0 Å². The fraction of sp³-hybridized carbons (Fsp3) is 0.368. The van der Waals surface area contributed by atoms with Gasteiger partial charge in [-0.1, -0.05) is 6.07 Å². The van der Waals surface area contributed by atoms with Gasteiger partial charge in [-0.3, -0.25) is 4.72 Å². The predicted molar refractivity (Wildman–Crippen MR) is 102 cm³/mol. The van der Waals surface area contributed by atoms with Crippen molar-refractivity contribution in [3.05, 3.63) is 46.9 Å². The third-order valence-corrected chi connectivity index (χ3v) is 6.74. The van der Waals surface area contributed by atoms with Crippen LogP contribution in [-0.4, -0.2) is 23.2 Å². The highest BCUT2D eigenvalue weighted by molar-refractivity contribution is 7.93. The largest absolute Gasteiger partial charge is 0.420 e. The Hall–Kier alpha value is -2.68. The van der Waals surface area contributed by atoms with Crippen LogP contribution in [0.25, 0.3) is 11.5 Å². The maximum absolute atomic E-state index is 13.6. The third kappa shape index (κ3) is 3.09. The van der Waals surface area contributed by atoms with E-state index >= 15 is 0 Å². The topological polar surface area (TPSA) is 90.0 Å². The Kier molecular flexibility index (Phi) is 4.29. The van der Waals surface area contributed by atoms with Crippen LogP contribution in [0.15, 0.2) is 27.5 Å². The molecule has 7 nitrogen and oxygen atoms in total. The van der Waals surface area contributed by atoms with Crippen molar-refractivity contribution in [2.24, 2.45) is 7.05 Å².